The van der Waals surface area contributed by atoms with Crippen LogP contribution < -0.4 is 74.2 Å². The fourth-order valence-corrected chi connectivity index (χ4v) is 4.48. The molecule has 140 valence electrons. The monoisotopic (exact) mass is 404 g/mol. The summed E-state index contributed by atoms with van der Waals surface area (Å²) >= 11 is 0. The van der Waals surface area contributed by atoms with E-state index in [0.29, 0.717) is 12.3 Å². The van der Waals surface area contributed by atoms with Crippen molar-refractivity contribution in [3.05, 3.63) is 11.4 Å². The summed E-state index contributed by atoms with van der Waals surface area (Å²) in [7, 11) is -4.70. The first-order valence-electron chi connectivity index (χ1n) is 8.82. The van der Waals surface area contributed by atoms with Gasteiger partial charge in [0.1, 0.15) is 0 Å². The fraction of sp³-hybridized carbons (Fsp3) is 0.824. The molecule has 0 bridgehead atoms. The van der Waals surface area contributed by atoms with E-state index in [9.17, 15) is 19.1 Å². The number of hydrogen-bond acceptors (Lipinski definition) is 5. The summed E-state index contributed by atoms with van der Waals surface area (Å²) in [5.41, 5.74) is 0. The molecule has 6 nitrogen and oxygen atoms in total. The molecular weight excluding hydrogens is 373 g/mol. The molecular formula is C17H31N2Na2O4P. The molecule has 0 saturated heterocycles. The van der Waals surface area contributed by atoms with Crippen LogP contribution in [-0.2, 0) is 9.36 Å². The summed E-state index contributed by atoms with van der Waals surface area (Å²) in [4.78, 5) is 36.8. The second-order valence-electron chi connectivity index (χ2n) is 7.02. The number of nitrogens with one attached hydrogen (secondary N) is 1. The van der Waals surface area contributed by atoms with Crippen molar-refractivity contribution in [3.63, 3.8) is 0 Å². The molecule has 0 aromatic heterocycles. The Morgan fingerprint density at radius 2 is 1.85 bits per heavy atom. The third kappa shape index (κ3) is 9.21. The van der Waals surface area contributed by atoms with Crippen LogP contribution in [0.3, 0.4) is 0 Å². The van der Waals surface area contributed by atoms with Gasteiger partial charge < -0.3 is 24.6 Å². The van der Waals surface area contributed by atoms with Gasteiger partial charge in [-0.25, -0.2) is 0 Å². The van der Waals surface area contributed by atoms with Crippen molar-refractivity contribution in [2.45, 2.75) is 66.0 Å². The molecule has 0 aromatic rings. The molecule has 1 rings (SSSR count). The predicted octanol–water partition coefficient (Wildman–Crippen LogP) is -4.54. The summed E-state index contributed by atoms with van der Waals surface area (Å²) in [6.45, 7) is 11.3. The first kappa shape index (κ1) is 29.5. The molecule has 0 spiro atoms. The number of carbonyl (C=O) groups excluding carboxylic acids is 1. The van der Waals surface area contributed by atoms with Gasteiger partial charge in [0.15, 0.2) is 0 Å². The Morgan fingerprint density at radius 3 is 2.23 bits per heavy atom. The summed E-state index contributed by atoms with van der Waals surface area (Å²) in [5, 5.41) is 3.06. The van der Waals surface area contributed by atoms with Crippen LogP contribution in [0.2, 0.25) is 0 Å². The summed E-state index contributed by atoms with van der Waals surface area (Å²) < 4.78 is 11.5. The summed E-state index contributed by atoms with van der Waals surface area (Å²) in [6, 6.07) is -0.0737. The average Bonchev–Trinajstić information content (AvgIpc) is 2.46. The van der Waals surface area contributed by atoms with E-state index >= 15 is 0 Å². The second kappa shape index (κ2) is 13.5. The van der Waals surface area contributed by atoms with Crippen LogP contribution in [0.4, 0.5) is 0 Å². The van der Waals surface area contributed by atoms with Crippen LogP contribution in [0, 0.1) is 11.8 Å². The van der Waals surface area contributed by atoms with E-state index in [1.54, 1.807) is 6.08 Å². The van der Waals surface area contributed by atoms with Gasteiger partial charge >= 0.3 is 59.1 Å². The SMILES string of the molecule is CCN(CC)[C@@H]1CC(P(=O)([O-])[O-])=CC[C@@H]1[C@H](CC(C)C)NC(C)=O.[Na+].[Na+]. The normalized spacial score (nSPS) is 21.5. The minimum absolute atomic E-state index is 0. The van der Waals surface area contributed by atoms with Gasteiger partial charge in [-0.3, -0.25) is 4.79 Å². The van der Waals surface area contributed by atoms with Crippen LogP contribution in [-0.4, -0.2) is 36.0 Å². The first-order valence-corrected chi connectivity index (χ1v) is 10.4. The topological polar surface area (TPSA) is 95.5 Å². The molecule has 1 aliphatic carbocycles. The molecule has 0 fully saturated rings. The standard InChI is InChI=1S/C17H33N2O4P.2Na/c1-6-19(7-2)17-11-14(24(21,22)23)8-9-15(17)16(10-12(3)4)18-13(5)20;;/h8,12,15-17H,6-7,9-11H2,1-5H3,(H,18,20)(H2,21,22,23);;/q;2*+1/p-2/t15-,16+,17-;;/m1../s1. The van der Waals surface area contributed by atoms with Crippen LogP contribution in [0.25, 0.3) is 0 Å². The zero-order valence-electron chi connectivity index (χ0n) is 17.4. The molecule has 0 aromatic carbocycles. The van der Waals surface area contributed by atoms with Crippen molar-refractivity contribution in [2.75, 3.05) is 13.1 Å². The van der Waals surface area contributed by atoms with Gasteiger partial charge in [0, 0.05) is 19.0 Å². The number of rotatable bonds is 8. The number of allylic oxidation sites excluding steroid dienone is 1. The number of carbonyl (C=O) groups is 1. The zero-order valence-corrected chi connectivity index (χ0v) is 22.3. The quantitative estimate of drug-likeness (QED) is 0.325. The number of hydrogen-bond donors (Lipinski definition) is 1. The third-order valence-corrected chi connectivity index (χ3v) is 5.87. The van der Waals surface area contributed by atoms with E-state index in [2.05, 4.69) is 24.1 Å². The molecule has 26 heavy (non-hydrogen) atoms. The molecule has 1 N–H and O–H groups in total. The number of amides is 1. The largest absolute Gasteiger partial charge is 1.00 e. The Bertz CT molecular complexity index is 507. The molecule has 1 aliphatic rings. The summed E-state index contributed by atoms with van der Waals surface area (Å²) in [6.07, 6.45) is 3.14. The van der Waals surface area contributed by atoms with Gasteiger partial charge in [-0.1, -0.05) is 33.8 Å². The minimum atomic E-state index is -4.70. The van der Waals surface area contributed by atoms with Crippen molar-refractivity contribution < 1.29 is 78.3 Å². The van der Waals surface area contributed by atoms with E-state index < -0.39 is 7.60 Å². The van der Waals surface area contributed by atoms with Crippen molar-refractivity contribution in [3.8, 4) is 0 Å². The fourth-order valence-electron chi connectivity index (χ4n) is 3.74. The average molecular weight is 404 g/mol. The maximum atomic E-state index is 11.6. The van der Waals surface area contributed by atoms with Gasteiger partial charge in [0.05, 0.1) is 0 Å². The maximum Gasteiger partial charge on any atom is 1.00 e. The van der Waals surface area contributed by atoms with Crippen LogP contribution in [0.15, 0.2) is 11.4 Å². The van der Waals surface area contributed by atoms with Gasteiger partial charge in [-0.05, 0) is 57.1 Å². The van der Waals surface area contributed by atoms with E-state index in [-0.39, 0.29) is 94.8 Å². The Kier molecular flexibility index (Phi) is 15.4. The Hall–Kier alpha value is 1.32. The van der Waals surface area contributed by atoms with E-state index in [1.165, 1.54) is 6.92 Å². The molecule has 0 radical (unpaired) electrons. The van der Waals surface area contributed by atoms with Crippen LogP contribution >= 0.6 is 7.60 Å². The zero-order chi connectivity index (χ0) is 18.5. The second-order valence-corrected chi connectivity index (χ2v) is 8.59. The molecule has 0 aliphatic heterocycles. The Morgan fingerprint density at radius 1 is 1.31 bits per heavy atom. The van der Waals surface area contributed by atoms with Crippen LogP contribution in [0.5, 0.6) is 0 Å². The smallest absolute Gasteiger partial charge is 0.808 e. The Balaban J connectivity index is 0. The number of nitrogens with zero attached hydrogens (tertiary/aromatic N) is 1. The van der Waals surface area contributed by atoms with Crippen molar-refractivity contribution in [1.82, 2.24) is 10.2 Å². The van der Waals surface area contributed by atoms with Gasteiger partial charge in [0.25, 0.3) is 0 Å². The van der Waals surface area contributed by atoms with E-state index in [1.807, 2.05) is 13.8 Å². The summed E-state index contributed by atoms with van der Waals surface area (Å²) in [5.74, 6) is 0.438. The first-order chi connectivity index (χ1) is 11.1. The van der Waals surface area contributed by atoms with Crippen molar-refractivity contribution in [1.29, 1.82) is 0 Å². The van der Waals surface area contributed by atoms with Crippen molar-refractivity contribution in [2.24, 2.45) is 11.8 Å². The molecule has 3 atom stereocenters. The van der Waals surface area contributed by atoms with Crippen molar-refractivity contribution >= 4 is 13.5 Å². The molecule has 0 heterocycles. The predicted molar refractivity (Wildman–Crippen MR) is 92.2 cm³/mol. The Labute approximate surface area is 202 Å². The van der Waals surface area contributed by atoms with Gasteiger partial charge in [0.2, 0.25) is 5.91 Å². The van der Waals surface area contributed by atoms with Gasteiger partial charge in [-0.15, -0.1) is 0 Å². The maximum absolute atomic E-state index is 11.6. The van der Waals surface area contributed by atoms with E-state index in [4.69, 9.17) is 0 Å². The minimum Gasteiger partial charge on any atom is -0.808 e. The van der Waals surface area contributed by atoms with Gasteiger partial charge in [-0.2, -0.15) is 0 Å². The molecule has 0 saturated carbocycles. The molecule has 1 amide bonds. The van der Waals surface area contributed by atoms with E-state index in [0.717, 1.165) is 19.5 Å². The third-order valence-electron chi connectivity index (χ3n) is 4.80. The molecule has 9 heteroatoms. The molecule has 0 unspecified atom stereocenters. The van der Waals surface area contributed by atoms with Crippen LogP contribution in [0.1, 0.15) is 53.9 Å².